The van der Waals surface area contributed by atoms with E-state index in [9.17, 15) is 0 Å². The molecule has 1 aliphatic heterocycles. The van der Waals surface area contributed by atoms with E-state index in [1.807, 2.05) is 28.8 Å². The standard InChI is InChI=1S/C23H30N6O.HI/c1-3-24-22(25-16-21-28-27-20-10-6-7-13-29(20)21)26-17-23(11-14-30-15-12-23)19-9-5-4-8-18(19)2;/h4-10,13H,3,11-12,14-17H2,1-2H3,(H2,24,25,26);1H. The van der Waals surface area contributed by atoms with E-state index in [0.717, 1.165) is 56.6 Å². The number of guanidine groups is 1. The fourth-order valence-corrected chi connectivity index (χ4v) is 4.21. The van der Waals surface area contributed by atoms with Crippen LogP contribution < -0.4 is 10.6 Å². The minimum absolute atomic E-state index is 0. The van der Waals surface area contributed by atoms with Gasteiger partial charge in [0.25, 0.3) is 0 Å². The van der Waals surface area contributed by atoms with Gasteiger partial charge < -0.3 is 15.4 Å². The molecule has 4 rings (SSSR count). The second-order valence-corrected chi connectivity index (χ2v) is 7.80. The number of aliphatic imine (C=N–C) groups is 1. The largest absolute Gasteiger partial charge is 0.381 e. The number of halogens is 1. The van der Waals surface area contributed by atoms with Gasteiger partial charge in [0, 0.05) is 37.9 Å². The molecule has 1 saturated heterocycles. The van der Waals surface area contributed by atoms with Gasteiger partial charge >= 0.3 is 0 Å². The normalized spacial score (nSPS) is 16.0. The van der Waals surface area contributed by atoms with Crippen LogP contribution >= 0.6 is 24.0 Å². The molecule has 3 heterocycles. The van der Waals surface area contributed by atoms with E-state index >= 15 is 0 Å². The third-order valence-corrected chi connectivity index (χ3v) is 5.87. The number of ether oxygens (including phenoxy) is 1. The highest BCUT2D eigenvalue weighted by Crippen LogP contribution is 2.36. The Morgan fingerprint density at radius 3 is 2.65 bits per heavy atom. The fourth-order valence-electron chi connectivity index (χ4n) is 4.21. The van der Waals surface area contributed by atoms with Crippen LogP contribution in [0.2, 0.25) is 0 Å². The molecule has 3 aromatic rings. The zero-order valence-corrected chi connectivity index (χ0v) is 20.5. The molecule has 0 aliphatic carbocycles. The Balaban J connectivity index is 0.00000272. The Kier molecular flexibility index (Phi) is 8.25. The number of fused-ring (bicyclic) bond motifs is 1. The first-order valence-corrected chi connectivity index (χ1v) is 10.7. The van der Waals surface area contributed by atoms with Crippen LogP contribution in [-0.4, -0.2) is 46.9 Å². The minimum Gasteiger partial charge on any atom is -0.381 e. The van der Waals surface area contributed by atoms with Crippen molar-refractivity contribution >= 4 is 35.6 Å². The summed E-state index contributed by atoms with van der Waals surface area (Å²) in [6.07, 6.45) is 3.97. The van der Waals surface area contributed by atoms with Crippen LogP contribution in [-0.2, 0) is 16.7 Å². The Morgan fingerprint density at radius 2 is 1.87 bits per heavy atom. The maximum atomic E-state index is 5.69. The van der Waals surface area contributed by atoms with Crippen molar-refractivity contribution < 1.29 is 4.74 Å². The molecule has 0 bridgehead atoms. The molecule has 1 aromatic carbocycles. The molecule has 1 fully saturated rings. The molecule has 1 aliphatic rings. The number of benzene rings is 1. The number of aromatic nitrogens is 3. The number of aryl methyl sites for hydroxylation is 1. The average molecular weight is 534 g/mol. The van der Waals surface area contributed by atoms with Crippen molar-refractivity contribution in [1.82, 2.24) is 25.2 Å². The highest BCUT2D eigenvalue weighted by molar-refractivity contribution is 14.0. The lowest BCUT2D eigenvalue weighted by Gasteiger charge is -2.39. The van der Waals surface area contributed by atoms with Crippen molar-refractivity contribution in [2.45, 2.75) is 38.6 Å². The van der Waals surface area contributed by atoms with E-state index in [4.69, 9.17) is 9.73 Å². The predicted molar refractivity (Wildman–Crippen MR) is 134 cm³/mol. The molecule has 8 heteroatoms. The molecule has 2 aromatic heterocycles. The first kappa shape index (κ1) is 23.5. The first-order chi connectivity index (χ1) is 14.7. The molecule has 2 N–H and O–H groups in total. The Hall–Kier alpha value is -2.20. The molecule has 0 spiro atoms. The van der Waals surface area contributed by atoms with Crippen molar-refractivity contribution in [3.8, 4) is 0 Å². The number of hydrogen-bond donors (Lipinski definition) is 2. The SMILES string of the molecule is CCNC(=NCc1nnc2ccccn12)NCC1(c2ccccc2C)CCOCC1.I. The lowest BCUT2D eigenvalue weighted by molar-refractivity contribution is 0.0512. The Morgan fingerprint density at radius 1 is 1.10 bits per heavy atom. The van der Waals surface area contributed by atoms with Gasteiger partial charge in [-0.15, -0.1) is 34.2 Å². The molecule has 0 radical (unpaired) electrons. The van der Waals surface area contributed by atoms with Gasteiger partial charge in [-0.3, -0.25) is 4.40 Å². The summed E-state index contributed by atoms with van der Waals surface area (Å²) < 4.78 is 7.66. The van der Waals surface area contributed by atoms with Gasteiger partial charge in [-0.25, -0.2) is 4.99 Å². The van der Waals surface area contributed by atoms with Crippen molar-refractivity contribution in [3.63, 3.8) is 0 Å². The van der Waals surface area contributed by atoms with Crippen LogP contribution in [0.25, 0.3) is 5.65 Å². The van der Waals surface area contributed by atoms with E-state index in [0.29, 0.717) is 6.54 Å². The number of hydrogen-bond acceptors (Lipinski definition) is 4. The highest BCUT2D eigenvalue weighted by Gasteiger charge is 2.35. The summed E-state index contributed by atoms with van der Waals surface area (Å²) in [4.78, 5) is 4.78. The highest BCUT2D eigenvalue weighted by atomic mass is 127. The number of pyridine rings is 1. The van der Waals surface area contributed by atoms with Crippen molar-refractivity contribution in [2.24, 2.45) is 4.99 Å². The predicted octanol–water partition coefficient (Wildman–Crippen LogP) is 3.46. The average Bonchev–Trinajstić information content (AvgIpc) is 3.20. The second kappa shape index (κ2) is 10.9. The van der Waals surface area contributed by atoms with E-state index in [1.165, 1.54) is 11.1 Å². The maximum Gasteiger partial charge on any atom is 0.191 e. The van der Waals surface area contributed by atoms with Gasteiger partial charge in [0.2, 0.25) is 0 Å². The van der Waals surface area contributed by atoms with Gasteiger partial charge in [-0.05, 0) is 49.9 Å². The van der Waals surface area contributed by atoms with Gasteiger partial charge in [0.05, 0.1) is 0 Å². The van der Waals surface area contributed by atoms with Crippen LogP contribution in [0.4, 0.5) is 0 Å². The molecule has 0 amide bonds. The summed E-state index contributed by atoms with van der Waals surface area (Å²) in [6.45, 7) is 7.92. The Bertz CT molecular complexity index is 1010. The second-order valence-electron chi connectivity index (χ2n) is 7.80. The zero-order valence-electron chi connectivity index (χ0n) is 18.2. The van der Waals surface area contributed by atoms with Crippen LogP contribution in [0.3, 0.4) is 0 Å². The van der Waals surface area contributed by atoms with Crippen LogP contribution in [0.1, 0.15) is 36.7 Å². The lowest BCUT2D eigenvalue weighted by Crippen LogP contribution is -2.48. The monoisotopic (exact) mass is 534 g/mol. The third kappa shape index (κ3) is 5.35. The summed E-state index contributed by atoms with van der Waals surface area (Å²) >= 11 is 0. The molecule has 0 atom stereocenters. The summed E-state index contributed by atoms with van der Waals surface area (Å²) in [5, 5.41) is 15.5. The van der Waals surface area contributed by atoms with Crippen LogP contribution in [0.15, 0.2) is 53.7 Å². The van der Waals surface area contributed by atoms with Gasteiger partial charge in [-0.2, -0.15) is 0 Å². The van der Waals surface area contributed by atoms with Crippen LogP contribution in [0, 0.1) is 6.92 Å². The van der Waals surface area contributed by atoms with E-state index in [-0.39, 0.29) is 29.4 Å². The third-order valence-electron chi connectivity index (χ3n) is 5.87. The Labute approximate surface area is 200 Å². The molecule has 0 unspecified atom stereocenters. The number of rotatable bonds is 6. The fraction of sp³-hybridized carbons (Fsp3) is 0.435. The van der Waals surface area contributed by atoms with Gasteiger partial charge in [-0.1, -0.05) is 30.3 Å². The lowest BCUT2D eigenvalue weighted by atomic mass is 9.72. The smallest absolute Gasteiger partial charge is 0.191 e. The first-order valence-electron chi connectivity index (χ1n) is 10.7. The molecule has 0 saturated carbocycles. The molecule has 7 nitrogen and oxygen atoms in total. The zero-order chi connectivity index (χ0) is 20.8. The van der Waals surface area contributed by atoms with Crippen molar-refractivity contribution in [1.29, 1.82) is 0 Å². The molecular weight excluding hydrogens is 503 g/mol. The molecular formula is C23H31IN6O. The summed E-state index contributed by atoms with van der Waals surface area (Å²) in [5.74, 6) is 1.62. The van der Waals surface area contributed by atoms with Crippen molar-refractivity contribution in [3.05, 3.63) is 65.6 Å². The number of nitrogens with zero attached hydrogens (tertiary/aromatic N) is 4. The summed E-state index contributed by atoms with van der Waals surface area (Å²) in [7, 11) is 0. The van der Waals surface area contributed by atoms with E-state index < -0.39 is 0 Å². The molecule has 31 heavy (non-hydrogen) atoms. The maximum absolute atomic E-state index is 5.69. The summed E-state index contributed by atoms with van der Waals surface area (Å²) in [6, 6.07) is 14.6. The van der Waals surface area contributed by atoms with E-state index in [2.05, 4.69) is 58.9 Å². The number of nitrogens with one attached hydrogen (secondary N) is 2. The topological polar surface area (TPSA) is 75.8 Å². The van der Waals surface area contributed by atoms with Gasteiger partial charge in [0.1, 0.15) is 6.54 Å². The minimum atomic E-state index is 0. The van der Waals surface area contributed by atoms with E-state index in [1.54, 1.807) is 0 Å². The molecule has 166 valence electrons. The van der Waals surface area contributed by atoms with Gasteiger partial charge in [0.15, 0.2) is 17.4 Å². The quantitative estimate of drug-likeness (QED) is 0.288. The van der Waals surface area contributed by atoms with Crippen LogP contribution in [0.5, 0.6) is 0 Å². The summed E-state index contributed by atoms with van der Waals surface area (Å²) in [5.41, 5.74) is 3.61. The van der Waals surface area contributed by atoms with Crippen molar-refractivity contribution in [2.75, 3.05) is 26.3 Å².